The first-order valence-electron chi connectivity index (χ1n) is 14.4. The Morgan fingerprint density at radius 2 is 0.786 bits per heavy atom. The van der Waals surface area contributed by atoms with E-state index in [0.717, 1.165) is 5.69 Å². The maximum Gasteiger partial charge on any atom is 0.0562 e. The molecule has 0 saturated carbocycles. The fourth-order valence-corrected chi connectivity index (χ4v) is 6.73. The Labute approximate surface area is 243 Å². The summed E-state index contributed by atoms with van der Waals surface area (Å²) in [6.07, 6.45) is 0. The molecular weight excluding hydrogens is 508 g/mol. The minimum Gasteiger partial charge on any atom is -0.309 e. The third-order valence-electron chi connectivity index (χ3n) is 8.67. The van der Waals surface area contributed by atoms with Gasteiger partial charge >= 0.3 is 0 Å². The highest BCUT2D eigenvalue weighted by atomic mass is 15.0. The summed E-state index contributed by atoms with van der Waals surface area (Å²) in [6, 6.07) is 57.2. The Bertz CT molecular complexity index is 2430. The van der Waals surface area contributed by atoms with Crippen LogP contribution in [0.1, 0.15) is 0 Å². The number of nitrogens with zero attached hydrogens (tertiary/aromatic N) is 2. The molecule has 0 saturated heterocycles. The molecule has 0 aliphatic rings. The van der Waals surface area contributed by atoms with Crippen molar-refractivity contribution in [1.29, 1.82) is 0 Å². The normalized spacial score (nSPS) is 11.8. The maximum atomic E-state index is 2.43. The van der Waals surface area contributed by atoms with E-state index in [9.17, 15) is 0 Å². The SMILES string of the molecule is c1ccc(-c2ccc(-n3c4ccccc4c4cc5c6cc7ccccc7cc6n(-c6ccccc6)c5cc43)cc2)cc1. The molecule has 0 atom stereocenters. The lowest BCUT2D eigenvalue weighted by molar-refractivity contribution is 1.17. The van der Waals surface area contributed by atoms with Crippen molar-refractivity contribution in [2.45, 2.75) is 0 Å². The van der Waals surface area contributed by atoms with Crippen molar-refractivity contribution < 1.29 is 0 Å². The van der Waals surface area contributed by atoms with Crippen molar-refractivity contribution in [3.63, 3.8) is 0 Å². The number of aromatic nitrogens is 2. The fraction of sp³-hybridized carbons (Fsp3) is 0. The van der Waals surface area contributed by atoms with Crippen molar-refractivity contribution in [3.8, 4) is 22.5 Å². The molecule has 2 heterocycles. The van der Waals surface area contributed by atoms with Gasteiger partial charge in [-0.25, -0.2) is 0 Å². The van der Waals surface area contributed by atoms with E-state index in [4.69, 9.17) is 0 Å². The lowest BCUT2D eigenvalue weighted by atomic mass is 10.0. The van der Waals surface area contributed by atoms with E-state index >= 15 is 0 Å². The molecule has 0 bridgehead atoms. The summed E-state index contributed by atoms with van der Waals surface area (Å²) in [5.41, 5.74) is 9.64. The Morgan fingerprint density at radius 3 is 1.55 bits per heavy atom. The maximum absolute atomic E-state index is 2.43. The number of rotatable bonds is 3. The molecule has 42 heavy (non-hydrogen) atoms. The third-order valence-corrected chi connectivity index (χ3v) is 8.67. The zero-order chi connectivity index (χ0) is 27.6. The van der Waals surface area contributed by atoms with Gasteiger partial charge in [0.15, 0.2) is 0 Å². The van der Waals surface area contributed by atoms with Crippen LogP contribution in [0.15, 0.2) is 158 Å². The Morgan fingerprint density at radius 1 is 0.286 bits per heavy atom. The summed E-state index contributed by atoms with van der Waals surface area (Å²) in [4.78, 5) is 0. The van der Waals surface area contributed by atoms with Crippen LogP contribution in [-0.4, -0.2) is 9.13 Å². The first-order chi connectivity index (χ1) is 20.8. The molecular formula is C40H26N2. The summed E-state index contributed by atoms with van der Waals surface area (Å²) in [6.45, 7) is 0. The zero-order valence-corrected chi connectivity index (χ0v) is 22.9. The van der Waals surface area contributed by atoms with Gasteiger partial charge in [-0.05, 0) is 76.5 Å². The van der Waals surface area contributed by atoms with E-state index in [1.54, 1.807) is 0 Å². The van der Waals surface area contributed by atoms with Crippen LogP contribution in [0.4, 0.5) is 0 Å². The summed E-state index contributed by atoms with van der Waals surface area (Å²) >= 11 is 0. The molecule has 0 radical (unpaired) electrons. The highest BCUT2D eigenvalue weighted by molar-refractivity contribution is 6.20. The first-order valence-corrected chi connectivity index (χ1v) is 14.4. The molecule has 9 aromatic rings. The number of para-hydroxylation sites is 2. The van der Waals surface area contributed by atoms with Gasteiger partial charge in [0, 0.05) is 32.9 Å². The second kappa shape index (κ2) is 8.95. The van der Waals surface area contributed by atoms with Crippen molar-refractivity contribution >= 4 is 54.4 Å². The van der Waals surface area contributed by atoms with Crippen molar-refractivity contribution in [2.75, 3.05) is 0 Å². The largest absolute Gasteiger partial charge is 0.309 e. The molecule has 7 aromatic carbocycles. The standard InChI is InChI=1S/C40H26N2/c1-3-11-27(12-4-1)28-19-21-32(22-20-28)41-37-18-10-9-17-33(37)35-25-36-34-23-29-13-7-8-14-30(29)24-38(34)42(40(36)26-39(35)41)31-15-5-2-6-16-31/h1-26H. The monoisotopic (exact) mass is 534 g/mol. The highest BCUT2D eigenvalue weighted by Crippen LogP contribution is 2.40. The van der Waals surface area contributed by atoms with Crippen molar-refractivity contribution in [1.82, 2.24) is 9.13 Å². The number of hydrogen-bond acceptors (Lipinski definition) is 0. The number of benzene rings is 7. The van der Waals surface area contributed by atoms with Crippen LogP contribution in [0, 0.1) is 0 Å². The summed E-state index contributed by atoms with van der Waals surface area (Å²) in [7, 11) is 0. The predicted molar refractivity (Wildman–Crippen MR) is 178 cm³/mol. The fourth-order valence-electron chi connectivity index (χ4n) is 6.73. The lowest BCUT2D eigenvalue weighted by Gasteiger charge is -2.11. The van der Waals surface area contributed by atoms with Crippen LogP contribution < -0.4 is 0 Å². The van der Waals surface area contributed by atoms with Gasteiger partial charge in [0.1, 0.15) is 0 Å². The molecule has 9 rings (SSSR count). The van der Waals surface area contributed by atoms with Crippen LogP contribution in [0.2, 0.25) is 0 Å². The Hall–Kier alpha value is -5.60. The van der Waals surface area contributed by atoms with E-state index in [-0.39, 0.29) is 0 Å². The van der Waals surface area contributed by atoms with Crippen LogP contribution in [-0.2, 0) is 0 Å². The Kier molecular flexibility index (Phi) is 4.93. The summed E-state index contributed by atoms with van der Waals surface area (Å²) in [5, 5.41) is 7.60. The smallest absolute Gasteiger partial charge is 0.0562 e. The quantitative estimate of drug-likeness (QED) is 0.213. The molecule has 196 valence electrons. The second-order valence-corrected chi connectivity index (χ2v) is 11.0. The topological polar surface area (TPSA) is 9.86 Å². The van der Waals surface area contributed by atoms with Crippen LogP contribution in [0.25, 0.3) is 76.9 Å². The van der Waals surface area contributed by atoms with Gasteiger partial charge in [-0.15, -0.1) is 0 Å². The van der Waals surface area contributed by atoms with Gasteiger partial charge in [0.2, 0.25) is 0 Å². The first kappa shape index (κ1) is 23.1. The van der Waals surface area contributed by atoms with E-state index in [0.29, 0.717) is 0 Å². The third kappa shape index (κ3) is 3.39. The van der Waals surface area contributed by atoms with Gasteiger partial charge < -0.3 is 9.13 Å². The number of hydrogen-bond donors (Lipinski definition) is 0. The van der Waals surface area contributed by atoms with Gasteiger partial charge in [0.05, 0.1) is 22.1 Å². The zero-order valence-electron chi connectivity index (χ0n) is 22.9. The van der Waals surface area contributed by atoms with E-state index in [2.05, 4.69) is 167 Å². The van der Waals surface area contributed by atoms with E-state index < -0.39 is 0 Å². The van der Waals surface area contributed by atoms with Crippen LogP contribution in [0.5, 0.6) is 0 Å². The molecule has 0 unspecified atom stereocenters. The van der Waals surface area contributed by atoms with E-state index in [1.807, 2.05) is 0 Å². The molecule has 0 aliphatic carbocycles. The van der Waals surface area contributed by atoms with Crippen LogP contribution >= 0.6 is 0 Å². The lowest BCUT2D eigenvalue weighted by Crippen LogP contribution is -1.96. The van der Waals surface area contributed by atoms with Crippen molar-refractivity contribution in [3.05, 3.63) is 158 Å². The minimum atomic E-state index is 1.16. The van der Waals surface area contributed by atoms with Gasteiger partial charge in [-0.2, -0.15) is 0 Å². The van der Waals surface area contributed by atoms with Gasteiger partial charge in [-0.3, -0.25) is 0 Å². The molecule has 0 spiro atoms. The molecule has 0 aliphatic heterocycles. The van der Waals surface area contributed by atoms with E-state index in [1.165, 1.54) is 71.2 Å². The highest BCUT2D eigenvalue weighted by Gasteiger charge is 2.19. The van der Waals surface area contributed by atoms with Crippen molar-refractivity contribution in [2.24, 2.45) is 0 Å². The molecule has 0 N–H and O–H groups in total. The average molecular weight is 535 g/mol. The summed E-state index contributed by atoms with van der Waals surface area (Å²) < 4.78 is 4.85. The van der Waals surface area contributed by atoms with Gasteiger partial charge in [0.25, 0.3) is 0 Å². The molecule has 2 heteroatoms. The molecule has 2 aromatic heterocycles. The molecule has 0 amide bonds. The second-order valence-electron chi connectivity index (χ2n) is 11.0. The van der Waals surface area contributed by atoms with Crippen LogP contribution in [0.3, 0.4) is 0 Å². The predicted octanol–water partition coefficient (Wildman–Crippen LogP) is 10.7. The summed E-state index contributed by atoms with van der Waals surface area (Å²) in [5.74, 6) is 0. The Balaban J connectivity index is 1.39. The molecule has 2 nitrogen and oxygen atoms in total. The van der Waals surface area contributed by atoms with Gasteiger partial charge in [-0.1, -0.05) is 103 Å². The average Bonchev–Trinajstić information content (AvgIpc) is 3.55. The minimum absolute atomic E-state index is 1.16. The molecule has 0 fully saturated rings. The number of fused-ring (bicyclic) bond motifs is 7.